The number of rotatable bonds is 6. The predicted molar refractivity (Wildman–Crippen MR) is 75.0 cm³/mol. The van der Waals surface area contributed by atoms with Crippen molar-refractivity contribution < 1.29 is 19.4 Å². The highest BCUT2D eigenvalue weighted by molar-refractivity contribution is 6.32. The van der Waals surface area contributed by atoms with Crippen molar-refractivity contribution in [3.63, 3.8) is 0 Å². The minimum Gasteiger partial charge on any atom is -0.493 e. The fraction of sp³-hybridized carbons (Fsp3) is 0.357. The Labute approximate surface area is 117 Å². The van der Waals surface area contributed by atoms with Gasteiger partial charge in [-0.2, -0.15) is 0 Å². The van der Waals surface area contributed by atoms with E-state index in [9.17, 15) is 4.79 Å². The summed E-state index contributed by atoms with van der Waals surface area (Å²) >= 11 is 6.13. The Morgan fingerprint density at radius 2 is 2.16 bits per heavy atom. The van der Waals surface area contributed by atoms with Gasteiger partial charge in [-0.05, 0) is 29.7 Å². The first-order valence-electron chi connectivity index (χ1n) is 5.85. The highest BCUT2D eigenvalue weighted by atomic mass is 35.5. The highest BCUT2D eigenvalue weighted by Crippen LogP contribution is 2.37. The van der Waals surface area contributed by atoms with Gasteiger partial charge in [0.15, 0.2) is 11.5 Å². The third-order valence-corrected chi connectivity index (χ3v) is 2.51. The average Bonchev–Trinajstić information content (AvgIpc) is 2.34. The molecule has 5 heteroatoms. The first kappa shape index (κ1) is 15.4. The van der Waals surface area contributed by atoms with Crippen molar-refractivity contribution in [3.8, 4) is 11.5 Å². The summed E-state index contributed by atoms with van der Waals surface area (Å²) in [4.78, 5) is 10.5. The molecule has 0 radical (unpaired) electrons. The largest absolute Gasteiger partial charge is 0.493 e. The van der Waals surface area contributed by atoms with Gasteiger partial charge < -0.3 is 14.6 Å². The number of aliphatic carboxylic acids is 1. The molecule has 1 rings (SSSR count). The van der Waals surface area contributed by atoms with Crippen molar-refractivity contribution in [3.05, 3.63) is 28.8 Å². The Kier molecular flexibility index (Phi) is 5.70. The van der Waals surface area contributed by atoms with Crippen LogP contribution in [0.4, 0.5) is 0 Å². The van der Waals surface area contributed by atoms with E-state index in [-0.39, 0.29) is 0 Å². The molecule has 0 aliphatic rings. The average molecular weight is 285 g/mol. The number of carboxylic acid groups (broad SMARTS) is 1. The van der Waals surface area contributed by atoms with Gasteiger partial charge >= 0.3 is 5.97 Å². The molecule has 0 aliphatic carbocycles. The number of ether oxygens (including phenoxy) is 2. The first-order valence-corrected chi connectivity index (χ1v) is 6.23. The maximum absolute atomic E-state index is 10.5. The molecule has 104 valence electrons. The summed E-state index contributed by atoms with van der Waals surface area (Å²) in [6.07, 6.45) is 2.49. The summed E-state index contributed by atoms with van der Waals surface area (Å²) in [6, 6.07) is 3.32. The van der Waals surface area contributed by atoms with Gasteiger partial charge in [-0.25, -0.2) is 4.79 Å². The van der Waals surface area contributed by atoms with Crippen molar-refractivity contribution >= 4 is 23.6 Å². The minimum absolute atomic E-state index is 0.368. The molecule has 1 aromatic rings. The van der Waals surface area contributed by atoms with Crippen molar-refractivity contribution in [1.82, 2.24) is 0 Å². The van der Waals surface area contributed by atoms with Crippen LogP contribution in [0.15, 0.2) is 18.2 Å². The van der Waals surface area contributed by atoms with Gasteiger partial charge in [0.2, 0.25) is 0 Å². The summed E-state index contributed by atoms with van der Waals surface area (Å²) in [5, 5.41) is 8.99. The zero-order valence-corrected chi connectivity index (χ0v) is 11.9. The molecule has 0 unspecified atom stereocenters. The maximum atomic E-state index is 10.5. The molecule has 0 heterocycles. The molecule has 1 N–H and O–H groups in total. The van der Waals surface area contributed by atoms with E-state index in [2.05, 4.69) is 0 Å². The summed E-state index contributed by atoms with van der Waals surface area (Å²) in [7, 11) is 1.51. The summed E-state index contributed by atoms with van der Waals surface area (Å²) < 4.78 is 10.8. The van der Waals surface area contributed by atoms with Gasteiger partial charge in [0.05, 0.1) is 18.7 Å². The van der Waals surface area contributed by atoms with Crippen molar-refractivity contribution in [2.75, 3.05) is 13.7 Å². The van der Waals surface area contributed by atoms with Gasteiger partial charge in [0.1, 0.15) is 0 Å². The molecule has 0 aliphatic heterocycles. The van der Waals surface area contributed by atoms with Crippen molar-refractivity contribution in [2.24, 2.45) is 5.92 Å². The number of hydrogen-bond donors (Lipinski definition) is 1. The van der Waals surface area contributed by atoms with Gasteiger partial charge in [-0.1, -0.05) is 25.4 Å². The first-order chi connectivity index (χ1) is 8.93. The summed E-state index contributed by atoms with van der Waals surface area (Å²) in [5.74, 6) is 0.311. The summed E-state index contributed by atoms with van der Waals surface area (Å²) in [6.45, 7) is 4.59. The van der Waals surface area contributed by atoms with Crippen molar-refractivity contribution in [2.45, 2.75) is 13.8 Å². The van der Waals surface area contributed by atoms with E-state index in [0.717, 1.165) is 6.08 Å². The predicted octanol–water partition coefficient (Wildman–Crippen LogP) is 3.48. The fourth-order valence-electron chi connectivity index (χ4n) is 1.39. The lowest BCUT2D eigenvalue weighted by molar-refractivity contribution is -0.131. The van der Waals surface area contributed by atoms with E-state index in [0.29, 0.717) is 34.6 Å². The molecule has 4 nitrogen and oxygen atoms in total. The maximum Gasteiger partial charge on any atom is 0.328 e. The van der Waals surface area contributed by atoms with E-state index >= 15 is 0 Å². The topological polar surface area (TPSA) is 55.8 Å². The third kappa shape index (κ3) is 4.83. The Hall–Kier alpha value is -1.68. The Morgan fingerprint density at radius 3 is 2.68 bits per heavy atom. The SMILES string of the molecule is COc1cc(C=CC(=O)O)cc(Cl)c1OCC(C)C. The van der Waals surface area contributed by atoms with E-state index < -0.39 is 5.97 Å². The molecule has 0 saturated heterocycles. The van der Waals surface area contributed by atoms with Gasteiger partial charge in [-0.15, -0.1) is 0 Å². The van der Waals surface area contributed by atoms with Crippen LogP contribution < -0.4 is 9.47 Å². The van der Waals surface area contributed by atoms with E-state index in [1.54, 1.807) is 12.1 Å². The van der Waals surface area contributed by atoms with Crippen LogP contribution in [0.25, 0.3) is 6.08 Å². The Morgan fingerprint density at radius 1 is 1.47 bits per heavy atom. The molecule has 0 atom stereocenters. The lowest BCUT2D eigenvalue weighted by Crippen LogP contribution is -2.06. The van der Waals surface area contributed by atoms with E-state index in [1.807, 2.05) is 13.8 Å². The van der Waals surface area contributed by atoms with Gasteiger partial charge in [0.25, 0.3) is 0 Å². The van der Waals surface area contributed by atoms with Crippen LogP contribution in [0.3, 0.4) is 0 Å². The number of hydrogen-bond acceptors (Lipinski definition) is 3. The minimum atomic E-state index is -1.02. The van der Waals surface area contributed by atoms with E-state index in [4.69, 9.17) is 26.2 Å². The molecular formula is C14H17ClO4. The second kappa shape index (κ2) is 7.04. The number of benzene rings is 1. The molecule has 0 bridgehead atoms. The van der Waals surface area contributed by atoms with Crippen molar-refractivity contribution in [1.29, 1.82) is 0 Å². The zero-order chi connectivity index (χ0) is 14.4. The van der Waals surface area contributed by atoms with Crippen LogP contribution in [0.2, 0.25) is 5.02 Å². The molecule has 19 heavy (non-hydrogen) atoms. The standard InChI is InChI=1S/C14H17ClO4/c1-9(2)8-19-14-11(15)6-10(4-5-13(16)17)7-12(14)18-3/h4-7,9H,8H2,1-3H3,(H,16,17). The van der Waals surface area contributed by atoms with E-state index in [1.165, 1.54) is 13.2 Å². The molecule has 0 spiro atoms. The smallest absolute Gasteiger partial charge is 0.328 e. The normalized spacial score (nSPS) is 11.0. The number of carboxylic acids is 1. The Balaban J connectivity index is 3.03. The molecule has 0 aromatic heterocycles. The van der Waals surface area contributed by atoms with Crippen LogP contribution in [0, 0.1) is 5.92 Å². The van der Waals surface area contributed by atoms with Gasteiger partial charge in [-0.3, -0.25) is 0 Å². The van der Waals surface area contributed by atoms with Crippen LogP contribution in [0.1, 0.15) is 19.4 Å². The number of methoxy groups -OCH3 is 1. The molecule has 0 fully saturated rings. The fourth-order valence-corrected chi connectivity index (χ4v) is 1.67. The van der Waals surface area contributed by atoms with Crippen LogP contribution >= 0.6 is 11.6 Å². The zero-order valence-electron chi connectivity index (χ0n) is 11.1. The number of carbonyl (C=O) groups is 1. The molecule has 0 amide bonds. The lowest BCUT2D eigenvalue weighted by Gasteiger charge is -2.14. The highest BCUT2D eigenvalue weighted by Gasteiger charge is 2.12. The second-order valence-corrected chi connectivity index (χ2v) is 4.82. The monoisotopic (exact) mass is 284 g/mol. The van der Waals surface area contributed by atoms with Crippen LogP contribution in [-0.2, 0) is 4.79 Å². The lowest BCUT2D eigenvalue weighted by atomic mass is 10.2. The van der Waals surface area contributed by atoms with Crippen LogP contribution in [0.5, 0.6) is 11.5 Å². The summed E-state index contributed by atoms with van der Waals surface area (Å²) in [5.41, 5.74) is 0.640. The second-order valence-electron chi connectivity index (χ2n) is 4.41. The quantitative estimate of drug-likeness (QED) is 0.813. The Bertz CT molecular complexity index is 481. The van der Waals surface area contributed by atoms with Gasteiger partial charge in [0, 0.05) is 6.08 Å². The molecule has 1 aromatic carbocycles. The molecule has 0 saturated carbocycles. The van der Waals surface area contributed by atoms with Crippen LogP contribution in [-0.4, -0.2) is 24.8 Å². The molecular weight excluding hydrogens is 268 g/mol. The third-order valence-electron chi connectivity index (χ3n) is 2.23. The number of halogens is 1.